The molecule has 1 aromatic rings. The quantitative estimate of drug-likeness (QED) is 0.758. The number of nitrogens with two attached hydrogens (primary N) is 1. The molecule has 20 heavy (non-hydrogen) atoms. The number of nitrogen functional groups attached to an aromatic ring is 1. The molecule has 0 aliphatic carbocycles. The Hall–Kier alpha value is -0.610. The topological polar surface area (TPSA) is 35.2 Å². The largest absolute Gasteiger partial charge is 0.398 e. The van der Waals surface area contributed by atoms with Crippen LogP contribution in [0.3, 0.4) is 0 Å². The second-order valence-corrected chi connectivity index (χ2v) is 6.39. The van der Waals surface area contributed by atoms with Crippen molar-refractivity contribution in [2.75, 3.05) is 12.3 Å². The monoisotopic (exact) mass is 345 g/mol. The summed E-state index contributed by atoms with van der Waals surface area (Å²) in [5.74, 6) is 0.591. The van der Waals surface area contributed by atoms with Crippen LogP contribution in [0.25, 0.3) is 0 Å². The minimum atomic E-state index is -0.271. The van der Waals surface area contributed by atoms with Gasteiger partial charge in [0.05, 0.1) is 6.10 Å². The smallest absolute Gasteiger partial charge is 0.129 e. The molecule has 1 aliphatic heterocycles. The van der Waals surface area contributed by atoms with Crippen molar-refractivity contribution in [3.63, 3.8) is 0 Å². The molecule has 0 radical (unpaired) electrons. The number of halogens is 2. The standard InChI is InChI=1S/C9H18O.C7H7BrFN/c1-3-4-9-6-5-8(2)10-7-9;1-4-6(9)2-5(8)3-7(4)10/h8-9H,3-7H2,1-2H3;2-3H,10H2,1H3. The van der Waals surface area contributed by atoms with E-state index in [2.05, 4.69) is 29.8 Å². The van der Waals surface area contributed by atoms with Crippen LogP contribution in [-0.4, -0.2) is 12.7 Å². The van der Waals surface area contributed by atoms with Gasteiger partial charge >= 0.3 is 0 Å². The van der Waals surface area contributed by atoms with E-state index in [1.165, 1.54) is 31.7 Å². The fourth-order valence-corrected chi connectivity index (χ4v) is 2.69. The molecule has 1 aromatic carbocycles. The third-order valence-electron chi connectivity index (χ3n) is 3.64. The molecule has 1 saturated heterocycles. The lowest BCUT2D eigenvalue weighted by molar-refractivity contribution is -0.00721. The van der Waals surface area contributed by atoms with Crippen LogP contribution in [0.1, 0.15) is 45.1 Å². The zero-order valence-electron chi connectivity index (χ0n) is 12.6. The molecule has 1 heterocycles. The Morgan fingerprint density at radius 3 is 2.60 bits per heavy atom. The molecule has 2 unspecified atom stereocenters. The van der Waals surface area contributed by atoms with Crippen LogP contribution in [0.5, 0.6) is 0 Å². The predicted octanol–water partition coefficient (Wildman–Crippen LogP) is 5.08. The molecule has 4 heteroatoms. The van der Waals surface area contributed by atoms with Gasteiger partial charge < -0.3 is 10.5 Å². The van der Waals surface area contributed by atoms with Crippen LogP contribution in [-0.2, 0) is 4.74 Å². The van der Waals surface area contributed by atoms with Crippen LogP contribution >= 0.6 is 15.9 Å². The van der Waals surface area contributed by atoms with Crippen molar-refractivity contribution in [1.82, 2.24) is 0 Å². The second kappa shape index (κ2) is 8.63. The Balaban J connectivity index is 0.000000200. The van der Waals surface area contributed by atoms with Gasteiger partial charge in [-0.15, -0.1) is 0 Å². The minimum absolute atomic E-state index is 0.271. The number of hydrogen-bond donors (Lipinski definition) is 1. The van der Waals surface area contributed by atoms with E-state index in [4.69, 9.17) is 10.5 Å². The molecule has 2 N–H and O–H groups in total. The molecule has 0 bridgehead atoms. The maximum atomic E-state index is 12.7. The molecule has 0 spiro atoms. The molecule has 0 saturated carbocycles. The molecule has 2 atom stereocenters. The zero-order valence-corrected chi connectivity index (χ0v) is 14.2. The molecule has 0 aromatic heterocycles. The van der Waals surface area contributed by atoms with Gasteiger partial charge in [0.15, 0.2) is 0 Å². The summed E-state index contributed by atoms with van der Waals surface area (Å²) in [5, 5.41) is 0. The Bertz CT molecular complexity index is 394. The van der Waals surface area contributed by atoms with E-state index in [0.29, 0.717) is 21.8 Å². The van der Waals surface area contributed by atoms with Gasteiger partial charge in [-0.25, -0.2) is 4.39 Å². The fourth-order valence-electron chi connectivity index (χ4n) is 2.24. The summed E-state index contributed by atoms with van der Waals surface area (Å²) in [6.07, 6.45) is 5.84. The number of ether oxygens (including phenoxy) is 1. The maximum absolute atomic E-state index is 12.7. The Kier molecular flexibility index (Phi) is 7.52. The number of anilines is 1. The van der Waals surface area contributed by atoms with Gasteiger partial charge in [-0.1, -0.05) is 29.3 Å². The highest BCUT2D eigenvalue weighted by Crippen LogP contribution is 2.22. The summed E-state index contributed by atoms with van der Waals surface area (Å²) in [7, 11) is 0. The SMILES string of the molecule is CCCC1CCC(C)OC1.Cc1c(N)cc(Br)cc1F. The zero-order chi connectivity index (χ0) is 15.1. The summed E-state index contributed by atoms with van der Waals surface area (Å²) in [5.41, 5.74) is 6.43. The van der Waals surface area contributed by atoms with E-state index in [1.807, 2.05) is 0 Å². The van der Waals surface area contributed by atoms with E-state index < -0.39 is 0 Å². The van der Waals surface area contributed by atoms with E-state index in [-0.39, 0.29) is 5.82 Å². The molecule has 2 rings (SSSR count). The molecular formula is C16H25BrFNO. The van der Waals surface area contributed by atoms with Crippen LogP contribution < -0.4 is 5.73 Å². The van der Waals surface area contributed by atoms with E-state index in [9.17, 15) is 4.39 Å². The Morgan fingerprint density at radius 1 is 1.40 bits per heavy atom. The van der Waals surface area contributed by atoms with Crippen molar-refractivity contribution in [2.24, 2.45) is 5.92 Å². The number of rotatable bonds is 2. The van der Waals surface area contributed by atoms with Crippen molar-refractivity contribution in [3.05, 3.63) is 28.0 Å². The molecule has 0 amide bonds. The summed E-state index contributed by atoms with van der Waals surface area (Å²) < 4.78 is 18.9. The maximum Gasteiger partial charge on any atom is 0.129 e. The first-order valence-corrected chi connectivity index (χ1v) is 8.06. The average molecular weight is 346 g/mol. The van der Waals surface area contributed by atoms with Crippen LogP contribution in [0.4, 0.5) is 10.1 Å². The van der Waals surface area contributed by atoms with Crippen molar-refractivity contribution in [2.45, 2.75) is 52.6 Å². The Labute approximate surface area is 130 Å². The molecular weight excluding hydrogens is 321 g/mol. The molecule has 2 nitrogen and oxygen atoms in total. The summed E-state index contributed by atoms with van der Waals surface area (Å²) >= 11 is 3.13. The van der Waals surface area contributed by atoms with Crippen LogP contribution in [0.15, 0.2) is 16.6 Å². The molecule has 1 fully saturated rings. The van der Waals surface area contributed by atoms with Crippen molar-refractivity contribution >= 4 is 21.6 Å². The highest BCUT2D eigenvalue weighted by molar-refractivity contribution is 9.10. The van der Waals surface area contributed by atoms with Gasteiger partial charge in [0.25, 0.3) is 0 Å². The lowest BCUT2D eigenvalue weighted by atomic mass is 9.95. The third kappa shape index (κ3) is 5.80. The van der Waals surface area contributed by atoms with Gasteiger partial charge in [0.1, 0.15) is 5.82 Å². The van der Waals surface area contributed by atoms with Crippen molar-refractivity contribution < 1.29 is 9.13 Å². The fraction of sp³-hybridized carbons (Fsp3) is 0.625. The third-order valence-corrected chi connectivity index (χ3v) is 4.10. The lowest BCUT2D eigenvalue weighted by Gasteiger charge is -2.26. The second-order valence-electron chi connectivity index (χ2n) is 5.48. The number of benzene rings is 1. The van der Waals surface area contributed by atoms with E-state index in [1.54, 1.807) is 13.0 Å². The van der Waals surface area contributed by atoms with Gasteiger partial charge in [-0.3, -0.25) is 0 Å². The Morgan fingerprint density at radius 2 is 2.10 bits per heavy atom. The van der Waals surface area contributed by atoms with Crippen LogP contribution in [0.2, 0.25) is 0 Å². The van der Waals surface area contributed by atoms with E-state index in [0.717, 1.165) is 12.5 Å². The van der Waals surface area contributed by atoms with E-state index >= 15 is 0 Å². The summed E-state index contributed by atoms with van der Waals surface area (Å²) in [6, 6.07) is 3.07. The van der Waals surface area contributed by atoms with Crippen molar-refractivity contribution in [1.29, 1.82) is 0 Å². The summed E-state index contributed by atoms with van der Waals surface area (Å²) in [6.45, 7) is 7.08. The highest BCUT2D eigenvalue weighted by Gasteiger charge is 2.16. The van der Waals surface area contributed by atoms with Crippen LogP contribution in [0, 0.1) is 18.7 Å². The van der Waals surface area contributed by atoms with Crippen molar-refractivity contribution in [3.8, 4) is 0 Å². The lowest BCUT2D eigenvalue weighted by Crippen LogP contribution is -2.23. The van der Waals surface area contributed by atoms with Gasteiger partial charge in [-0.2, -0.15) is 0 Å². The summed E-state index contributed by atoms with van der Waals surface area (Å²) in [4.78, 5) is 0. The average Bonchev–Trinajstić information content (AvgIpc) is 2.40. The molecule has 1 aliphatic rings. The predicted molar refractivity (Wildman–Crippen MR) is 86.3 cm³/mol. The normalized spacial score (nSPS) is 22.1. The highest BCUT2D eigenvalue weighted by atomic mass is 79.9. The number of hydrogen-bond acceptors (Lipinski definition) is 2. The van der Waals surface area contributed by atoms with Gasteiger partial charge in [0.2, 0.25) is 0 Å². The van der Waals surface area contributed by atoms with Gasteiger partial charge in [-0.05, 0) is 51.2 Å². The first-order valence-electron chi connectivity index (χ1n) is 7.26. The van der Waals surface area contributed by atoms with Gasteiger partial charge in [0, 0.05) is 22.3 Å². The molecule has 114 valence electrons. The first kappa shape index (κ1) is 17.4. The first-order chi connectivity index (χ1) is 9.43. The minimum Gasteiger partial charge on any atom is -0.398 e.